The highest BCUT2D eigenvalue weighted by Crippen LogP contribution is 2.25. The van der Waals surface area contributed by atoms with Gasteiger partial charge in [-0.1, -0.05) is 44.0 Å². The molecule has 0 radical (unpaired) electrons. The Morgan fingerprint density at radius 3 is 2.36 bits per heavy atom. The Kier molecular flexibility index (Phi) is 6.23. The van der Waals surface area contributed by atoms with Gasteiger partial charge in [0.25, 0.3) is 0 Å². The fraction of sp³-hybridized carbons (Fsp3) is 0.467. The van der Waals surface area contributed by atoms with E-state index in [0.29, 0.717) is 15.7 Å². The molecule has 0 unspecified atom stereocenters. The lowest BCUT2D eigenvalue weighted by molar-refractivity contribution is -0.136. The first-order valence-electron chi connectivity index (χ1n) is 6.78. The van der Waals surface area contributed by atoms with E-state index < -0.39 is 6.04 Å². The van der Waals surface area contributed by atoms with E-state index in [0.717, 1.165) is 0 Å². The third kappa shape index (κ3) is 5.16. The van der Waals surface area contributed by atoms with Crippen molar-refractivity contribution in [1.29, 1.82) is 0 Å². The molecule has 0 heterocycles. The summed E-state index contributed by atoms with van der Waals surface area (Å²) in [6.45, 7) is 5.53. The van der Waals surface area contributed by atoms with Crippen molar-refractivity contribution in [1.82, 2.24) is 4.90 Å². The van der Waals surface area contributed by atoms with Gasteiger partial charge in [0.15, 0.2) is 0 Å². The van der Waals surface area contributed by atoms with Crippen molar-refractivity contribution < 1.29 is 9.59 Å². The smallest absolute Gasteiger partial charge is 0.243 e. The summed E-state index contributed by atoms with van der Waals surface area (Å²) in [4.78, 5) is 25.4. The first kappa shape index (κ1) is 18.7. The molecule has 1 aromatic carbocycles. The Balaban J connectivity index is 2.64. The van der Waals surface area contributed by atoms with Crippen LogP contribution in [0.1, 0.15) is 20.8 Å². The molecule has 5 nitrogen and oxygen atoms in total. The molecule has 0 saturated carbocycles. The molecule has 122 valence electrons. The Labute approximate surface area is 140 Å². The monoisotopic (exact) mass is 345 g/mol. The SMILES string of the molecule is CN(CC(=O)Nc1ccc(Cl)c(Cl)c1)C(=O)[C@@H](N)C(C)(C)C. The van der Waals surface area contributed by atoms with Crippen molar-refractivity contribution in [3.63, 3.8) is 0 Å². The average Bonchev–Trinajstić information content (AvgIpc) is 2.40. The number of anilines is 1. The maximum atomic E-state index is 12.2. The molecular formula is C15H21Cl2N3O2. The number of nitrogens with two attached hydrogens (primary N) is 1. The topological polar surface area (TPSA) is 75.4 Å². The number of halogens is 2. The minimum absolute atomic E-state index is 0.0944. The third-order valence-electron chi connectivity index (χ3n) is 3.16. The van der Waals surface area contributed by atoms with Gasteiger partial charge in [-0.2, -0.15) is 0 Å². The van der Waals surface area contributed by atoms with Gasteiger partial charge in [0.05, 0.1) is 22.6 Å². The lowest BCUT2D eigenvalue weighted by Gasteiger charge is -2.29. The van der Waals surface area contributed by atoms with Gasteiger partial charge in [-0.05, 0) is 23.6 Å². The molecule has 0 aliphatic rings. The summed E-state index contributed by atoms with van der Waals surface area (Å²) in [7, 11) is 1.54. The molecule has 3 N–H and O–H groups in total. The molecule has 0 spiro atoms. The van der Waals surface area contributed by atoms with Crippen molar-refractivity contribution in [2.75, 3.05) is 18.9 Å². The van der Waals surface area contributed by atoms with Gasteiger partial charge in [-0.25, -0.2) is 0 Å². The number of hydrogen-bond donors (Lipinski definition) is 2. The lowest BCUT2D eigenvalue weighted by atomic mass is 9.86. The van der Waals surface area contributed by atoms with Gasteiger partial charge in [-0.15, -0.1) is 0 Å². The summed E-state index contributed by atoms with van der Waals surface area (Å²) in [6.07, 6.45) is 0. The molecule has 22 heavy (non-hydrogen) atoms. The molecule has 0 aromatic heterocycles. The second-order valence-corrected chi connectivity index (χ2v) is 7.03. The molecule has 0 fully saturated rings. The fourth-order valence-corrected chi connectivity index (χ4v) is 1.97. The molecule has 0 aliphatic carbocycles. The van der Waals surface area contributed by atoms with Crippen LogP contribution in [0.15, 0.2) is 18.2 Å². The van der Waals surface area contributed by atoms with E-state index in [2.05, 4.69) is 5.32 Å². The zero-order chi connectivity index (χ0) is 17.1. The number of hydrogen-bond acceptors (Lipinski definition) is 3. The van der Waals surface area contributed by atoms with Gasteiger partial charge in [0.1, 0.15) is 0 Å². The summed E-state index contributed by atoms with van der Waals surface area (Å²) in [5.41, 5.74) is 6.05. The van der Waals surface area contributed by atoms with Crippen LogP contribution >= 0.6 is 23.2 Å². The predicted molar refractivity (Wildman–Crippen MR) is 90.2 cm³/mol. The van der Waals surface area contributed by atoms with Gasteiger partial charge in [0, 0.05) is 12.7 Å². The summed E-state index contributed by atoms with van der Waals surface area (Å²) < 4.78 is 0. The Morgan fingerprint density at radius 1 is 1.27 bits per heavy atom. The Morgan fingerprint density at radius 2 is 1.86 bits per heavy atom. The largest absolute Gasteiger partial charge is 0.335 e. The number of rotatable bonds is 4. The third-order valence-corrected chi connectivity index (χ3v) is 3.90. The number of nitrogens with one attached hydrogen (secondary N) is 1. The van der Waals surface area contributed by atoms with Crippen molar-refractivity contribution in [2.24, 2.45) is 11.1 Å². The molecule has 1 aromatic rings. The Hall–Kier alpha value is -1.30. The quantitative estimate of drug-likeness (QED) is 0.880. The van der Waals surface area contributed by atoms with Crippen LogP contribution in [0.3, 0.4) is 0 Å². The molecule has 0 aliphatic heterocycles. The number of nitrogens with zero attached hydrogens (tertiary/aromatic N) is 1. The molecule has 0 saturated heterocycles. The number of benzene rings is 1. The van der Waals surface area contributed by atoms with Crippen LogP contribution in [-0.4, -0.2) is 36.3 Å². The maximum Gasteiger partial charge on any atom is 0.243 e. The molecular weight excluding hydrogens is 325 g/mol. The van der Waals surface area contributed by atoms with E-state index in [4.69, 9.17) is 28.9 Å². The van der Waals surface area contributed by atoms with Gasteiger partial charge in [0.2, 0.25) is 11.8 Å². The normalized spacial score (nSPS) is 12.7. The second-order valence-electron chi connectivity index (χ2n) is 6.22. The molecule has 1 atom stereocenters. The highest BCUT2D eigenvalue weighted by atomic mass is 35.5. The van der Waals surface area contributed by atoms with Crippen molar-refractivity contribution in [3.8, 4) is 0 Å². The van der Waals surface area contributed by atoms with E-state index in [1.54, 1.807) is 25.2 Å². The standard InChI is InChI=1S/C15H21Cl2N3O2/c1-15(2,3)13(18)14(22)20(4)8-12(21)19-9-5-6-10(16)11(17)7-9/h5-7,13H,8,18H2,1-4H3,(H,19,21)/t13-/m1/s1. The van der Waals surface area contributed by atoms with E-state index in [9.17, 15) is 9.59 Å². The second kappa shape index (κ2) is 7.31. The number of likely N-dealkylation sites (N-methyl/N-ethyl adjacent to an activating group) is 1. The highest BCUT2D eigenvalue weighted by molar-refractivity contribution is 6.42. The van der Waals surface area contributed by atoms with E-state index >= 15 is 0 Å². The molecule has 2 amide bonds. The van der Waals surface area contributed by atoms with Crippen LogP contribution in [0.5, 0.6) is 0 Å². The van der Waals surface area contributed by atoms with Crippen LogP contribution in [0.2, 0.25) is 10.0 Å². The first-order chi connectivity index (χ1) is 10.0. The van der Waals surface area contributed by atoms with Crippen LogP contribution in [0.25, 0.3) is 0 Å². The van der Waals surface area contributed by atoms with E-state index in [1.807, 2.05) is 20.8 Å². The fourth-order valence-electron chi connectivity index (χ4n) is 1.68. The highest BCUT2D eigenvalue weighted by Gasteiger charge is 2.30. The Bertz CT molecular complexity index is 570. The molecule has 0 bridgehead atoms. The summed E-state index contributed by atoms with van der Waals surface area (Å²) >= 11 is 11.7. The van der Waals surface area contributed by atoms with E-state index in [-0.39, 0.29) is 23.8 Å². The van der Waals surface area contributed by atoms with Crippen LogP contribution in [-0.2, 0) is 9.59 Å². The summed E-state index contributed by atoms with van der Waals surface area (Å²) in [5, 5.41) is 3.41. The van der Waals surface area contributed by atoms with Gasteiger partial charge < -0.3 is 16.0 Å². The minimum atomic E-state index is -0.671. The number of carbonyl (C=O) groups is 2. The predicted octanol–water partition coefficient (Wildman–Crippen LogP) is 2.76. The van der Waals surface area contributed by atoms with Crippen molar-refractivity contribution >= 4 is 40.7 Å². The van der Waals surface area contributed by atoms with Crippen LogP contribution < -0.4 is 11.1 Å². The van der Waals surface area contributed by atoms with Gasteiger partial charge >= 0.3 is 0 Å². The maximum absolute atomic E-state index is 12.2. The van der Waals surface area contributed by atoms with Crippen molar-refractivity contribution in [3.05, 3.63) is 28.2 Å². The van der Waals surface area contributed by atoms with Gasteiger partial charge in [-0.3, -0.25) is 9.59 Å². The number of amides is 2. The lowest BCUT2D eigenvalue weighted by Crippen LogP contribution is -2.50. The zero-order valence-electron chi connectivity index (χ0n) is 13.1. The van der Waals surface area contributed by atoms with E-state index in [1.165, 1.54) is 4.90 Å². The number of carbonyl (C=O) groups excluding carboxylic acids is 2. The van der Waals surface area contributed by atoms with Crippen molar-refractivity contribution in [2.45, 2.75) is 26.8 Å². The molecule has 1 rings (SSSR count). The molecule has 7 heteroatoms. The average molecular weight is 346 g/mol. The van der Waals surface area contributed by atoms with Crippen LogP contribution in [0, 0.1) is 5.41 Å². The van der Waals surface area contributed by atoms with Crippen LogP contribution in [0.4, 0.5) is 5.69 Å². The summed E-state index contributed by atoms with van der Waals surface area (Å²) in [5.74, 6) is -0.618. The zero-order valence-corrected chi connectivity index (χ0v) is 14.6. The summed E-state index contributed by atoms with van der Waals surface area (Å²) in [6, 6.07) is 4.10. The minimum Gasteiger partial charge on any atom is -0.335 e. The first-order valence-corrected chi connectivity index (χ1v) is 7.53.